The van der Waals surface area contributed by atoms with E-state index in [1.54, 1.807) is 0 Å². The second-order valence-electron chi connectivity index (χ2n) is 13.8. The van der Waals surface area contributed by atoms with Gasteiger partial charge in [0.05, 0.1) is 15.2 Å². The molecular weight excluding hydrogens is 703 g/mol. The van der Waals surface area contributed by atoms with Crippen LogP contribution < -0.4 is 0 Å². The molecule has 0 aliphatic carbocycles. The van der Waals surface area contributed by atoms with Crippen LogP contribution in [0.2, 0.25) is 0 Å². The molecule has 0 amide bonds. The van der Waals surface area contributed by atoms with Crippen LogP contribution in [0, 0.1) is 0 Å². The largest absolute Gasteiger partial charge is 0.455 e. The number of furan rings is 3. The van der Waals surface area contributed by atoms with Crippen LogP contribution in [-0.2, 0) is 0 Å². The average molecular weight is 739 g/mol. The average Bonchev–Trinajstić information content (AvgIpc) is 4.04. The normalized spacial score (nSPS) is 13.6. The highest BCUT2D eigenvalue weighted by atomic mass is 16.3. The topological polar surface area (TPSA) is 78.1 Å². The molecule has 0 N–H and O–H groups in total. The Labute approximate surface area is 335 Å². The molecule has 4 aromatic heterocycles. The van der Waals surface area contributed by atoms with E-state index in [0.717, 1.165) is 38.2 Å². The molecule has 12 rings (SSSR count). The van der Waals surface area contributed by atoms with E-state index < -0.39 is 24.2 Å². The first-order chi connectivity index (χ1) is 31.1. The van der Waals surface area contributed by atoms with E-state index >= 15 is 0 Å². The van der Waals surface area contributed by atoms with Crippen molar-refractivity contribution in [3.05, 3.63) is 176 Å². The number of nitrogens with zero attached hydrogens (tertiary/aromatic N) is 3. The van der Waals surface area contributed by atoms with Gasteiger partial charge in [0.1, 0.15) is 33.5 Å². The second-order valence-corrected chi connectivity index (χ2v) is 13.8. The maximum absolute atomic E-state index is 9.23. The van der Waals surface area contributed by atoms with Crippen molar-refractivity contribution in [2.45, 2.75) is 0 Å². The summed E-state index contributed by atoms with van der Waals surface area (Å²) in [5, 5.41) is 3.30. The molecule has 4 heterocycles. The summed E-state index contributed by atoms with van der Waals surface area (Å²) in [6.07, 6.45) is 0. The standard InChI is InChI=1S/C51H29N3O3/c1-3-13-30(14-4-1)49-52-50(31-15-5-2-6-16-31)54-51(53-49)40-22-12-21-39-37-26-25-32(29-45(37)57-47(39)40)41-27-33(28-42-36-18-8-10-24-44(36)56-48(41)42)34-19-11-20-38-35-17-7-9-23-43(35)55-46(34)38/h1-29H/i7D,9D,11D,17D,19D,20D,23D. The molecule has 0 bridgehead atoms. The van der Waals surface area contributed by atoms with E-state index in [1.807, 2.05) is 133 Å². The minimum atomic E-state index is -0.481. The Balaban J connectivity index is 1.09. The van der Waals surface area contributed by atoms with Crippen molar-refractivity contribution in [2.24, 2.45) is 0 Å². The molecule has 0 spiro atoms. The number of benzene rings is 8. The van der Waals surface area contributed by atoms with Crippen molar-refractivity contribution in [2.75, 3.05) is 0 Å². The van der Waals surface area contributed by atoms with Gasteiger partial charge in [-0.05, 0) is 53.6 Å². The monoisotopic (exact) mass is 738 g/mol. The molecule has 0 unspecified atom stereocenters. The number of rotatable bonds is 5. The van der Waals surface area contributed by atoms with Crippen LogP contribution in [0.5, 0.6) is 0 Å². The molecule has 0 radical (unpaired) electrons. The summed E-state index contributed by atoms with van der Waals surface area (Å²) in [7, 11) is 0. The minimum Gasteiger partial charge on any atom is -0.455 e. The van der Waals surface area contributed by atoms with Crippen LogP contribution in [0.1, 0.15) is 9.60 Å². The zero-order valence-electron chi connectivity index (χ0n) is 36.8. The highest BCUT2D eigenvalue weighted by Crippen LogP contribution is 2.44. The number of hydrogen-bond acceptors (Lipinski definition) is 6. The van der Waals surface area contributed by atoms with Crippen LogP contribution in [0.4, 0.5) is 0 Å². The fourth-order valence-electron chi connectivity index (χ4n) is 7.79. The van der Waals surface area contributed by atoms with E-state index in [4.69, 9.17) is 36.4 Å². The summed E-state index contributed by atoms with van der Waals surface area (Å²) in [5.74, 6) is 1.52. The van der Waals surface area contributed by atoms with E-state index in [2.05, 4.69) is 0 Å². The molecule has 8 aromatic carbocycles. The molecule has 266 valence electrons. The maximum atomic E-state index is 9.23. The Bertz CT molecular complexity index is 3880. The Morgan fingerprint density at radius 1 is 0.333 bits per heavy atom. The van der Waals surface area contributed by atoms with E-state index in [-0.39, 0.29) is 45.6 Å². The molecule has 0 aliphatic heterocycles. The maximum Gasteiger partial charge on any atom is 0.167 e. The molecular formula is C51H29N3O3. The number of para-hydroxylation sites is 4. The molecule has 12 aromatic rings. The van der Waals surface area contributed by atoms with Gasteiger partial charge in [0.25, 0.3) is 0 Å². The molecule has 0 atom stereocenters. The van der Waals surface area contributed by atoms with Gasteiger partial charge in [0, 0.05) is 54.6 Å². The number of aromatic nitrogens is 3. The van der Waals surface area contributed by atoms with Crippen molar-refractivity contribution in [3.63, 3.8) is 0 Å². The lowest BCUT2D eigenvalue weighted by atomic mass is 9.94. The first kappa shape index (κ1) is 25.3. The summed E-state index contributed by atoms with van der Waals surface area (Å²) in [4.78, 5) is 14.8. The van der Waals surface area contributed by atoms with Crippen LogP contribution >= 0.6 is 0 Å². The summed E-state index contributed by atoms with van der Waals surface area (Å²) < 4.78 is 80.6. The van der Waals surface area contributed by atoms with Crippen LogP contribution in [0.3, 0.4) is 0 Å². The Kier molecular flexibility index (Phi) is 5.48. The van der Waals surface area contributed by atoms with Gasteiger partial charge in [-0.25, -0.2) is 15.0 Å². The van der Waals surface area contributed by atoms with Gasteiger partial charge in [0.15, 0.2) is 17.5 Å². The number of fused-ring (bicyclic) bond motifs is 9. The zero-order chi connectivity index (χ0) is 43.5. The predicted molar refractivity (Wildman–Crippen MR) is 229 cm³/mol. The van der Waals surface area contributed by atoms with Gasteiger partial charge >= 0.3 is 0 Å². The van der Waals surface area contributed by atoms with Gasteiger partial charge in [0.2, 0.25) is 0 Å². The summed E-state index contributed by atoms with van der Waals surface area (Å²) in [5.41, 5.74) is 6.69. The molecule has 0 aliphatic rings. The summed E-state index contributed by atoms with van der Waals surface area (Å²) in [6, 6.07) is 39.9. The lowest BCUT2D eigenvalue weighted by molar-refractivity contribution is 0.668. The quantitative estimate of drug-likeness (QED) is 0.175. The highest BCUT2D eigenvalue weighted by Gasteiger charge is 2.21. The van der Waals surface area contributed by atoms with E-state index in [9.17, 15) is 1.37 Å². The van der Waals surface area contributed by atoms with Gasteiger partial charge in [-0.15, -0.1) is 0 Å². The summed E-state index contributed by atoms with van der Waals surface area (Å²) >= 11 is 0. The fraction of sp³-hybridized carbons (Fsp3) is 0. The van der Waals surface area contributed by atoms with Crippen molar-refractivity contribution < 1.29 is 22.8 Å². The first-order valence-electron chi connectivity index (χ1n) is 21.9. The Morgan fingerprint density at radius 2 is 0.965 bits per heavy atom. The molecule has 6 heteroatoms. The van der Waals surface area contributed by atoms with E-state index in [0.29, 0.717) is 56.5 Å². The smallest absolute Gasteiger partial charge is 0.167 e. The molecule has 0 saturated carbocycles. The van der Waals surface area contributed by atoms with Crippen molar-refractivity contribution in [3.8, 4) is 56.4 Å². The zero-order valence-corrected chi connectivity index (χ0v) is 29.8. The van der Waals surface area contributed by atoms with Gasteiger partial charge in [-0.2, -0.15) is 0 Å². The van der Waals surface area contributed by atoms with Crippen molar-refractivity contribution in [1.82, 2.24) is 15.0 Å². The summed E-state index contributed by atoms with van der Waals surface area (Å²) in [6.45, 7) is 0. The molecule has 0 fully saturated rings. The van der Waals surface area contributed by atoms with Gasteiger partial charge < -0.3 is 13.3 Å². The predicted octanol–water partition coefficient (Wildman–Crippen LogP) is 13.9. The second kappa shape index (κ2) is 12.3. The molecule has 57 heavy (non-hydrogen) atoms. The third kappa shape index (κ3) is 5.01. The van der Waals surface area contributed by atoms with Crippen LogP contribution in [0.15, 0.2) is 189 Å². The lowest BCUT2D eigenvalue weighted by Gasteiger charge is -2.09. The third-order valence-electron chi connectivity index (χ3n) is 10.5. The Morgan fingerprint density at radius 3 is 1.79 bits per heavy atom. The van der Waals surface area contributed by atoms with Crippen molar-refractivity contribution >= 4 is 65.8 Å². The molecule has 0 saturated heterocycles. The minimum absolute atomic E-state index is 0.00439. The van der Waals surface area contributed by atoms with Crippen molar-refractivity contribution in [1.29, 1.82) is 0 Å². The fourth-order valence-corrected chi connectivity index (χ4v) is 7.79. The van der Waals surface area contributed by atoms with E-state index in [1.165, 1.54) is 0 Å². The SMILES string of the molecule is [2H]c1c([2H])c([2H])c2c(oc3c(-c4cc(-c5ccc6c(c5)oc5c(-c7nc(-c8ccccc8)nc(-c8ccccc8)n7)cccc56)c5oc6ccccc6c5c4)c([2H])c([2H])c([2H])c32)c1[2H]. The van der Waals surface area contributed by atoms with Gasteiger partial charge in [-0.3, -0.25) is 0 Å². The number of hydrogen-bond donors (Lipinski definition) is 0. The Hall–Kier alpha value is -7.83. The third-order valence-corrected chi connectivity index (χ3v) is 10.5. The van der Waals surface area contributed by atoms with Crippen LogP contribution in [-0.4, -0.2) is 15.0 Å². The van der Waals surface area contributed by atoms with Crippen LogP contribution in [0.25, 0.3) is 122 Å². The lowest BCUT2D eigenvalue weighted by Crippen LogP contribution is -2.00. The van der Waals surface area contributed by atoms with Gasteiger partial charge in [-0.1, -0.05) is 133 Å². The highest BCUT2D eigenvalue weighted by molar-refractivity contribution is 6.15. The first-order valence-corrected chi connectivity index (χ1v) is 18.4. The molecule has 6 nitrogen and oxygen atoms in total.